The number of aryl methyl sites for hydroxylation is 2. The van der Waals surface area contributed by atoms with Crippen molar-refractivity contribution in [1.82, 2.24) is 25.1 Å². The summed E-state index contributed by atoms with van der Waals surface area (Å²) in [5, 5.41) is 10.2. The van der Waals surface area contributed by atoms with Crippen LogP contribution in [-0.4, -0.2) is 31.1 Å². The first-order chi connectivity index (χ1) is 9.65. The van der Waals surface area contributed by atoms with Crippen LogP contribution in [-0.2, 0) is 11.2 Å². The van der Waals surface area contributed by atoms with Gasteiger partial charge < -0.3 is 10.3 Å². The van der Waals surface area contributed by atoms with E-state index in [1.165, 1.54) is 6.33 Å². The zero-order valence-electron chi connectivity index (χ0n) is 11.2. The van der Waals surface area contributed by atoms with Crippen molar-refractivity contribution < 1.29 is 4.79 Å². The van der Waals surface area contributed by atoms with E-state index in [0.29, 0.717) is 5.82 Å². The van der Waals surface area contributed by atoms with Gasteiger partial charge in [-0.1, -0.05) is 0 Å². The maximum Gasteiger partial charge on any atom is 0.230 e. The number of amides is 1. The van der Waals surface area contributed by atoms with Crippen LogP contribution in [0.3, 0.4) is 0 Å². The Morgan fingerprint density at radius 1 is 1.35 bits per heavy atom. The highest BCUT2D eigenvalue weighted by atomic mass is 16.1. The maximum atomic E-state index is 12.0. The average molecular weight is 270 g/mol. The zero-order chi connectivity index (χ0) is 14.1. The molecule has 0 radical (unpaired) electrons. The van der Waals surface area contributed by atoms with Crippen molar-refractivity contribution in [3.8, 4) is 0 Å². The second-order valence-electron chi connectivity index (χ2n) is 4.65. The van der Waals surface area contributed by atoms with Gasteiger partial charge in [0.1, 0.15) is 17.8 Å². The van der Waals surface area contributed by atoms with E-state index in [1.54, 1.807) is 12.4 Å². The number of nitrogens with one attached hydrogen (secondary N) is 3. The number of carbonyl (C=O) groups is 1. The Morgan fingerprint density at radius 2 is 2.20 bits per heavy atom. The summed E-state index contributed by atoms with van der Waals surface area (Å²) in [6.45, 7) is 3.94. The molecule has 20 heavy (non-hydrogen) atoms. The predicted octanol–water partition coefficient (Wildman–Crippen LogP) is 1.48. The van der Waals surface area contributed by atoms with E-state index in [-0.39, 0.29) is 12.3 Å². The van der Waals surface area contributed by atoms with Gasteiger partial charge in [0.25, 0.3) is 0 Å². The molecule has 3 heterocycles. The van der Waals surface area contributed by atoms with E-state index in [9.17, 15) is 4.79 Å². The number of H-pyrrole nitrogens is 2. The quantitative estimate of drug-likeness (QED) is 0.671. The summed E-state index contributed by atoms with van der Waals surface area (Å²) in [4.78, 5) is 23.5. The van der Waals surface area contributed by atoms with Crippen molar-refractivity contribution in [2.75, 3.05) is 5.32 Å². The molecule has 3 aromatic rings. The topological polar surface area (TPSA) is 99.3 Å². The first kappa shape index (κ1) is 12.3. The van der Waals surface area contributed by atoms with E-state index in [1.807, 2.05) is 13.8 Å². The molecule has 0 unspecified atom stereocenters. The van der Waals surface area contributed by atoms with Crippen LogP contribution in [0.25, 0.3) is 11.0 Å². The lowest BCUT2D eigenvalue weighted by Crippen LogP contribution is -2.15. The smallest absolute Gasteiger partial charge is 0.230 e. The van der Waals surface area contributed by atoms with Crippen LogP contribution in [0, 0.1) is 13.8 Å². The number of aromatic nitrogens is 5. The van der Waals surface area contributed by atoms with E-state index in [4.69, 9.17) is 0 Å². The van der Waals surface area contributed by atoms with Crippen LogP contribution >= 0.6 is 0 Å². The lowest BCUT2D eigenvalue weighted by atomic mass is 10.2. The molecule has 0 atom stereocenters. The van der Waals surface area contributed by atoms with Crippen molar-refractivity contribution in [2.24, 2.45) is 0 Å². The first-order valence-corrected chi connectivity index (χ1v) is 6.22. The first-order valence-electron chi connectivity index (χ1n) is 6.22. The van der Waals surface area contributed by atoms with Crippen LogP contribution in [0.5, 0.6) is 0 Å². The van der Waals surface area contributed by atoms with Crippen molar-refractivity contribution >= 4 is 22.8 Å². The normalized spacial score (nSPS) is 10.9. The summed E-state index contributed by atoms with van der Waals surface area (Å²) in [5.74, 6) is 0.398. The molecule has 7 nitrogen and oxygen atoms in total. The molecule has 0 aliphatic heterocycles. The molecule has 1 amide bonds. The van der Waals surface area contributed by atoms with Crippen LogP contribution in [0.1, 0.15) is 16.8 Å². The highest BCUT2D eigenvalue weighted by Crippen LogP contribution is 2.25. The van der Waals surface area contributed by atoms with Crippen molar-refractivity contribution in [2.45, 2.75) is 20.3 Å². The Kier molecular flexibility index (Phi) is 2.94. The predicted molar refractivity (Wildman–Crippen MR) is 74.3 cm³/mol. The molecule has 0 spiro atoms. The molecule has 7 heteroatoms. The molecule has 0 fully saturated rings. The minimum absolute atomic E-state index is 0.135. The number of carbonyl (C=O) groups excluding carboxylic acids is 1. The van der Waals surface area contributed by atoms with Crippen LogP contribution in [0.2, 0.25) is 0 Å². The zero-order valence-corrected chi connectivity index (χ0v) is 11.2. The Balaban J connectivity index is 1.89. The molecule has 102 valence electrons. The summed E-state index contributed by atoms with van der Waals surface area (Å²) < 4.78 is 0. The van der Waals surface area contributed by atoms with E-state index in [0.717, 1.165) is 27.9 Å². The second-order valence-corrected chi connectivity index (χ2v) is 4.65. The SMILES string of the molecule is Cc1[nH]c2ncnc(NC(=O)Cc3cn[nH]c3)c2c1C. The maximum absolute atomic E-state index is 12.0. The minimum Gasteiger partial charge on any atom is -0.343 e. The van der Waals surface area contributed by atoms with Gasteiger partial charge in [0.05, 0.1) is 18.0 Å². The van der Waals surface area contributed by atoms with Crippen molar-refractivity contribution in [1.29, 1.82) is 0 Å². The molecular weight excluding hydrogens is 256 g/mol. The molecule has 3 rings (SSSR count). The van der Waals surface area contributed by atoms with Crippen LogP contribution in [0.4, 0.5) is 5.82 Å². The number of nitrogens with zero attached hydrogens (tertiary/aromatic N) is 3. The van der Waals surface area contributed by atoms with Gasteiger partial charge in [-0.05, 0) is 25.0 Å². The highest BCUT2D eigenvalue weighted by molar-refractivity contribution is 6.00. The molecule has 0 saturated carbocycles. The van der Waals surface area contributed by atoms with Gasteiger partial charge in [0.2, 0.25) is 5.91 Å². The summed E-state index contributed by atoms with van der Waals surface area (Å²) in [6, 6.07) is 0. The average Bonchev–Trinajstić information content (AvgIpc) is 3.00. The third-order valence-corrected chi connectivity index (χ3v) is 3.27. The Morgan fingerprint density at radius 3 is 2.95 bits per heavy atom. The molecular formula is C13H14N6O. The van der Waals surface area contributed by atoms with Gasteiger partial charge in [-0.2, -0.15) is 5.10 Å². The number of anilines is 1. The van der Waals surface area contributed by atoms with Crippen molar-refractivity contribution in [3.63, 3.8) is 0 Å². The van der Waals surface area contributed by atoms with E-state index in [2.05, 4.69) is 30.5 Å². The Bertz CT molecular complexity index is 759. The summed E-state index contributed by atoms with van der Waals surface area (Å²) in [6.07, 6.45) is 5.01. The van der Waals surface area contributed by atoms with Gasteiger partial charge in [0, 0.05) is 11.9 Å². The van der Waals surface area contributed by atoms with Crippen LogP contribution < -0.4 is 5.32 Å². The lowest BCUT2D eigenvalue weighted by molar-refractivity contribution is -0.115. The van der Waals surface area contributed by atoms with Gasteiger partial charge in [-0.3, -0.25) is 9.89 Å². The largest absolute Gasteiger partial charge is 0.343 e. The van der Waals surface area contributed by atoms with Gasteiger partial charge in [0.15, 0.2) is 0 Å². The third kappa shape index (κ3) is 2.13. The fraction of sp³-hybridized carbons (Fsp3) is 0.231. The summed E-state index contributed by atoms with van der Waals surface area (Å²) >= 11 is 0. The Hall–Kier alpha value is -2.70. The number of hydrogen-bond donors (Lipinski definition) is 3. The van der Waals surface area contributed by atoms with Gasteiger partial charge in [-0.15, -0.1) is 0 Å². The lowest BCUT2D eigenvalue weighted by Gasteiger charge is -2.05. The molecule has 3 N–H and O–H groups in total. The fourth-order valence-electron chi connectivity index (χ4n) is 2.13. The molecule has 0 aliphatic carbocycles. The van der Waals surface area contributed by atoms with Gasteiger partial charge in [-0.25, -0.2) is 9.97 Å². The van der Waals surface area contributed by atoms with Crippen LogP contribution in [0.15, 0.2) is 18.7 Å². The van der Waals surface area contributed by atoms with E-state index < -0.39 is 0 Å². The summed E-state index contributed by atoms with van der Waals surface area (Å²) in [7, 11) is 0. The second kappa shape index (κ2) is 4.76. The van der Waals surface area contributed by atoms with Crippen molar-refractivity contribution in [3.05, 3.63) is 35.5 Å². The molecule has 0 aliphatic rings. The minimum atomic E-state index is -0.135. The summed E-state index contributed by atoms with van der Waals surface area (Å²) in [5.41, 5.74) is 3.62. The third-order valence-electron chi connectivity index (χ3n) is 3.27. The number of hydrogen-bond acceptors (Lipinski definition) is 4. The standard InChI is InChI=1S/C13H14N6O/c1-7-8(2)18-12-11(7)13(15-6-14-12)19-10(20)3-9-4-16-17-5-9/h4-6H,3H2,1-2H3,(H,16,17)(H2,14,15,18,19,20). The number of rotatable bonds is 3. The number of fused-ring (bicyclic) bond motifs is 1. The number of aromatic amines is 2. The Labute approximate surface area is 114 Å². The monoisotopic (exact) mass is 270 g/mol. The highest BCUT2D eigenvalue weighted by Gasteiger charge is 2.13. The molecule has 0 bridgehead atoms. The molecule has 0 aromatic carbocycles. The van der Waals surface area contributed by atoms with E-state index >= 15 is 0 Å². The molecule has 3 aromatic heterocycles. The fourth-order valence-corrected chi connectivity index (χ4v) is 2.13. The van der Waals surface area contributed by atoms with Gasteiger partial charge >= 0.3 is 0 Å². The molecule has 0 saturated heterocycles.